The molecule has 3 rings (SSSR count). The van der Waals surface area contributed by atoms with E-state index in [1.54, 1.807) is 19.3 Å². The second-order valence-corrected chi connectivity index (χ2v) is 6.78. The fraction of sp³-hybridized carbons (Fsp3) is 0.100. The van der Waals surface area contributed by atoms with E-state index in [-0.39, 0.29) is 5.91 Å². The lowest BCUT2D eigenvalue weighted by molar-refractivity contribution is -0.116. The minimum absolute atomic E-state index is 0.177. The zero-order valence-electron chi connectivity index (χ0n) is 14.1. The maximum absolute atomic E-state index is 12.0. The van der Waals surface area contributed by atoms with Crippen LogP contribution in [0.15, 0.2) is 60.0 Å². The molecule has 0 saturated carbocycles. The molecule has 26 heavy (non-hydrogen) atoms. The number of benzene rings is 2. The van der Waals surface area contributed by atoms with Gasteiger partial charge in [-0.25, -0.2) is 4.98 Å². The van der Waals surface area contributed by atoms with Gasteiger partial charge in [-0.15, -0.1) is 11.3 Å². The number of halogens is 1. The number of carbonyl (C=O) groups excluding carboxylic acids is 1. The largest absolute Gasteiger partial charge is 0.497 e. The highest BCUT2D eigenvalue weighted by atomic mass is 35.5. The van der Waals surface area contributed by atoms with E-state index in [1.807, 2.05) is 47.8 Å². The SMILES string of the molecule is COc1ccc(-c2nc(/C=C/C(=O)NCc3cccc(Cl)c3)cs2)cc1. The summed E-state index contributed by atoms with van der Waals surface area (Å²) in [7, 11) is 1.64. The first-order valence-corrected chi connectivity index (χ1v) is 9.20. The fourth-order valence-corrected chi connectivity index (χ4v) is 3.29. The Morgan fingerprint density at radius 2 is 2.08 bits per heavy atom. The van der Waals surface area contributed by atoms with Crippen LogP contribution in [0.25, 0.3) is 16.6 Å². The zero-order valence-corrected chi connectivity index (χ0v) is 15.7. The average molecular weight is 385 g/mol. The van der Waals surface area contributed by atoms with Gasteiger partial charge in [0.25, 0.3) is 0 Å². The summed E-state index contributed by atoms with van der Waals surface area (Å²) in [4.78, 5) is 16.5. The molecule has 1 heterocycles. The molecule has 2 aromatic carbocycles. The number of nitrogens with zero attached hydrogens (tertiary/aromatic N) is 1. The van der Waals surface area contributed by atoms with Crippen LogP contribution in [0.2, 0.25) is 5.02 Å². The van der Waals surface area contributed by atoms with Crippen molar-refractivity contribution >= 4 is 34.9 Å². The van der Waals surface area contributed by atoms with Gasteiger partial charge in [0.05, 0.1) is 12.8 Å². The molecule has 1 N–H and O–H groups in total. The maximum atomic E-state index is 12.0. The number of carbonyl (C=O) groups is 1. The maximum Gasteiger partial charge on any atom is 0.244 e. The average Bonchev–Trinajstić information content (AvgIpc) is 3.14. The molecule has 132 valence electrons. The van der Waals surface area contributed by atoms with Gasteiger partial charge in [0.2, 0.25) is 5.91 Å². The van der Waals surface area contributed by atoms with Crippen LogP contribution in [0.5, 0.6) is 5.75 Å². The van der Waals surface area contributed by atoms with Gasteiger partial charge in [0, 0.05) is 28.6 Å². The predicted molar refractivity (Wildman–Crippen MR) is 106 cm³/mol. The number of aromatic nitrogens is 1. The number of ether oxygens (including phenoxy) is 1. The fourth-order valence-electron chi connectivity index (χ4n) is 2.28. The Kier molecular flexibility index (Phi) is 6.04. The smallest absolute Gasteiger partial charge is 0.244 e. The minimum atomic E-state index is -0.177. The van der Waals surface area contributed by atoms with Crippen molar-refractivity contribution in [3.8, 4) is 16.3 Å². The molecule has 4 nitrogen and oxygen atoms in total. The van der Waals surface area contributed by atoms with Crippen LogP contribution in [0, 0.1) is 0 Å². The molecule has 0 bridgehead atoms. The van der Waals surface area contributed by atoms with E-state index in [4.69, 9.17) is 16.3 Å². The Labute approximate surface area is 161 Å². The highest BCUT2D eigenvalue weighted by molar-refractivity contribution is 7.13. The van der Waals surface area contributed by atoms with E-state index in [2.05, 4.69) is 10.3 Å². The molecule has 1 amide bonds. The van der Waals surface area contributed by atoms with Crippen molar-refractivity contribution in [2.45, 2.75) is 6.54 Å². The summed E-state index contributed by atoms with van der Waals surface area (Å²) >= 11 is 7.46. The standard InChI is InChI=1S/C20H17ClN2O2S/c1-25-18-8-5-15(6-9-18)20-23-17(13-26-20)7-10-19(24)22-12-14-3-2-4-16(21)11-14/h2-11,13H,12H2,1H3,(H,22,24)/b10-7+. The van der Waals surface area contributed by atoms with Crippen molar-refractivity contribution in [1.82, 2.24) is 10.3 Å². The molecule has 0 atom stereocenters. The minimum Gasteiger partial charge on any atom is -0.497 e. The van der Waals surface area contributed by atoms with E-state index >= 15 is 0 Å². The van der Waals surface area contributed by atoms with Crippen LogP contribution in [0.3, 0.4) is 0 Å². The van der Waals surface area contributed by atoms with E-state index in [0.717, 1.165) is 27.6 Å². The molecule has 0 fully saturated rings. The topological polar surface area (TPSA) is 51.2 Å². The molecule has 0 saturated heterocycles. The normalized spacial score (nSPS) is 10.8. The molecule has 0 aliphatic carbocycles. The molecule has 0 spiro atoms. The summed E-state index contributed by atoms with van der Waals surface area (Å²) in [5.41, 5.74) is 2.72. The lowest BCUT2D eigenvalue weighted by Crippen LogP contribution is -2.20. The van der Waals surface area contributed by atoms with Crippen molar-refractivity contribution < 1.29 is 9.53 Å². The first-order chi connectivity index (χ1) is 12.6. The van der Waals surface area contributed by atoms with Crippen LogP contribution in [0.4, 0.5) is 0 Å². The van der Waals surface area contributed by atoms with Gasteiger partial charge in [-0.1, -0.05) is 23.7 Å². The number of hydrogen-bond donors (Lipinski definition) is 1. The van der Waals surface area contributed by atoms with Gasteiger partial charge < -0.3 is 10.1 Å². The third kappa shape index (κ3) is 4.94. The summed E-state index contributed by atoms with van der Waals surface area (Å²) in [6, 6.07) is 15.1. The van der Waals surface area contributed by atoms with Gasteiger partial charge in [0.1, 0.15) is 10.8 Å². The van der Waals surface area contributed by atoms with Gasteiger partial charge in [-0.2, -0.15) is 0 Å². The number of hydrogen-bond acceptors (Lipinski definition) is 4. The van der Waals surface area contributed by atoms with Crippen LogP contribution in [-0.2, 0) is 11.3 Å². The second-order valence-electron chi connectivity index (χ2n) is 5.49. The Bertz CT molecular complexity index is 920. The first kappa shape index (κ1) is 18.2. The summed E-state index contributed by atoms with van der Waals surface area (Å²) < 4.78 is 5.16. The Balaban J connectivity index is 1.58. The van der Waals surface area contributed by atoms with Crippen LogP contribution >= 0.6 is 22.9 Å². The lowest BCUT2D eigenvalue weighted by atomic mass is 10.2. The molecule has 0 unspecified atom stereocenters. The highest BCUT2D eigenvalue weighted by Crippen LogP contribution is 2.26. The number of amides is 1. The van der Waals surface area contributed by atoms with Crippen molar-refractivity contribution in [2.75, 3.05) is 7.11 Å². The second kappa shape index (κ2) is 8.65. The molecule has 3 aromatic rings. The lowest BCUT2D eigenvalue weighted by Gasteiger charge is -2.02. The summed E-state index contributed by atoms with van der Waals surface area (Å²) in [6.07, 6.45) is 3.19. The van der Waals surface area contributed by atoms with Crippen molar-refractivity contribution in [2.24, 2.45) is 0 Å². The van der Waals surface area contributed by atoms with Crippen LogP contribution in [-0.4, -0.2) is 18.0 Å². The number of thiazole rings is 1. The van der Waals surface area contributed by atoms with Crippen LogP contribution < -0.4 is 10.1 Å². The zero-order chi connectivity index (χ0) is 18.4. The van der Waals surface area contributed by atoms with E-state index in [1.165, 1.54) is 17.4 Å². The third-order valence-electron chi connectivity index (χ3n) is 3.62. The molecular weight excluding hydrogens is 368 g/mol. The summed E-state index contributed by atoms with van der Waals surface area (Å²) in [6.45, 7) is 0.428. The van der Waals surface area contributed by atoms with Crippen molar-refractivity contribution in [1.29, 1.82) is 0 Å². The van der Waals surface area contributed by atoms with Crippen molar-refractivity contribution in [3.05, 3.63) is 76.3 Å². The Morgan fingerprint density at radius 3 is 2.81 bits per heavy atom. The quantitative estimate of drug-likeness (QED) is 0.621. The molecule has 0 radical (unpaired) electrons. The van der Waals surface area contributed by atoms with Crippen molar-refractivity contribution in [3.63, 3.8) is 0 Å². The van der Waals surface area contributed by atoms with Crippen LogP contribution in [0.1, 0.15) is 11.3 Å². The first-order valence-electron chi connectivity index (χ1n) is 7.94. The monoisotopic (exact) mass is 384 g/mol. The number of rotatable bonds is 6. The Hall–Kier alpha value is -2.63. The van der Waals surface area contributed by atoms with E-state index in [9.17, 15) is 4.79 Å². The third-order valence-corrected chi connectivity index (χ3v) is 4.76. The molecule has 1 aromatic heterocycles. The molecule has 0 aliphatic rings. The van der Waals surface area contributed by atoms with E-state index in [0.29, 0.717) is 11.6 Å². The van der Waals surface area contributed by atoms with E-state index < -0.39 is 0 Å². The number of methoxy groups -OCH3 is 1. The van der Waals surface area contributed by atoms with Gasteiger partial charge >= 0.3 is 0 Å². The Morgan fingerprint density at radius 1 is 1.27 bits per heavy atom. The summed E-state index contributed by atoms with van der Waals surface area (Å²) in [5.74, 6) is 0.630. The van der Waals surface area contributed by atoms with Gasteiger partial charge in [-0.3, -0.25) is 4.79 Å². The predicted octanol–water partition coefficient (Wildman–Crippen LogP) is 4.80. The summed E-state index contributed by atoms with van der Waals surface area (Å²) in [5, 5.41) is 6.29. The highest BCUT2D eigenvalue weighted by Gasteiger charge is 2.04. The molecule has 6 heteroatoms. The molecule has 0 aliphatic heterocycles. The van der Waals surface area contributed by atoms with Gasteiger partial charge in [-0.05, 0) is 48.0 Å². The number of nitrogens with one attached hydrogen (secondary N) is 1. The molecular formula is C20H17ClN2O2S. The van der Waals surface area contributed by atoms with Gasteiger partial charge in [0.15, 0.2) is 0 Å².